The zero-order valence-corrected chi connectivity index (χ0v) is 12.0. The Morgan fingerprint density at radius 3 is 3.00 bits per heavy atom. The first-order valence-electron chi connectivity index (χ1n) is 6.71. The number of hydrogen-bond donors (Lipinski definition) is 1. The lowest BCUT2D eigenvalue weighted by Crippen LogP contribution is -2.45. The lowest BCUT2D eigenvalue weighted by molar-refractivity contribution is 0.0251. The van der Waals surface area contributed by atoms with Gasteiger partial charge < -0.3 is 10.0 Å². The Morgan fingerprint density at radius 2 is 2.25 bits per heavy atom. The standard InChI is InChI=1S/C15H16FNO2S/c1-9-4-5-17(8-12(9)18)15(19)14-6-10-2-3-11(16)7-13(10)20-14/h2-3,6-7,9,12,18H,4-5,8H2,1H3. The molecule has 2 unspecified atom stereocenters. The SMILES string of the molecule is CC1CCN(C(=O)c2cc3ccc(F)cc3s2)CC1O. The smallest absolute Gasteiger partial charge is 0.264 e. The molecule has 1 saturated heterocycles. The molecule has 0 bridgehead atoms. The number of carbonyl (C=O) groups is 1. The van der Waals surface area contributed by atoms with Crippen LogP contribution in [0.2, 0.25) is 0 Å². The zero-order valence-electron chi connectivity index (χ0n) is 11.2. The Kier molecular flexibility index (Phi) is 3.48. The molecule has 106 valence electrons. The van der Waals surface area contributed by atoms with Crippen molar-refractivity contribution in [1.29, 1.82) is 0 Å². The average Bonchev–Trinajstić information content (AvgIpc) is 2.84. The van der Waals surface area contributed by atoms with Crippen molar-refractivity contribution in [2.24, 2.45) is 5.92 Å². The highest BCUT2D eigenvalue weighted by Crippen LogP contribution is 2.28. The highest BCUT2D eigenvalue weighted by Gasteiger charge is 2.28. The van der Waals surface area contributed by atoms with Crippen LogP contribution >= 0.6 is 11.3 Å². The average molecular weight is 293 g/mol. The second-order valence-corrected chi connectivity index (χ2v) is 6.46. The van der Waals surface area contributed by atoms with E-state index in [4.69, 9.17) is 0 Å². The summed E-state index contributed by atoms with van der Waals surface area (Å²) in [6.07, 6.45) is 0.353. The number of piperidine rings is 1. The van der Waals surface area contributed by atoms with Gasteiger partial charge in [-0.2, -0.15) is 0 Å². The highest BCUT2D eigenvalue weighted by atomic mass is 32.1. The lowest BCUT2D eigenvalue weighted by atomic mass is 9.96. The number of hydrogen-bond acceptors (Lipinski definition) is 3. The molecule has 2 atom stereocenters. The van der Waals surface area contributed by atoms with Crippen molar-refractivity contribution in [2.45, 2.75) is 19.4 Å². The number of thiophene rings is 1. The molecule has 2 aromatic rings. The second-order valence-electron chi connectivity index (χ2n) is 5.38. The van der Waals surface area contributed by atoms with E-state index in [9.17, 15) is 14.3 Å². The van der Waals surface area contributed by atoms with Crippen LogP contribution in [0.1, 0.15) is 23.0 Å². The molecule has 1 N–H and O–H groups in total. The number of rotatable bonds is 1. The number of β-amino-alcohol motifs (C(OH)–C–C–N with tert-alkyl or cyclic N) is 1. The Balaban J connectivity index is 1.85. The summed E-state index contributed by atoms with van der Waals surface area (Å²) in [5, 5.41) is 10.8. The van der Waals surface area contributed by atoms with Crippen molar-refractivity contribution >= 4 is 27.3 Å². The summed E-state index contributed by atoms with van der Waals surface area (Å²) in [4.78, 5) is 14.7. The van der Waals surface area contributed by atoms with E-state index in [0.717, 1.165) is 16.5 Å². The van der Waals surface area contributed by atoms with Crippen molar-refractivity contribution in [1.82, 2.24) is 4.90 Å². The molecule has 0 aliphatic carbocycles. The summed E-state index contributed by atoms with van der Waals surface area (Å²) in [5.41, 5.74) is 0. The van der Waals surface area contributed by atoms with Crippen LogP contribution in [0.15, 0.2) is 24.3 Å². The van der Waals surface area contributed by atoms with Gasteiger partial charge in [0.1, 0.15) is 5.82 Å². The summed E-state index contributed by atoms with van der Waals surface area (Å²) >= 11 is 1.30. The van der Waals surface area contributed by atoms with E-state index in [1.807, 2.05) is 6.92 Å². The summed E-state index contributed by atoms with van der Waals surface area (Å²) in [6.45, 7) is 3.04. The molecular weight excluding hydrogens is 277 g/mol. The van der Waals surface area contributed by atoms with Gasteiger partial charge in [0.15, 0.2) is 0 Å². The molecule has 1 fully saturated rings. The van der Waals surface area contributed by atoms with Crippen LogP contribution in [0.3, 0.4) is 0 Å². The van der Waals surface area contributed by atoms with E-state index in [1.165, 1.54) is 23.5 Å². The maximum Gasteiger partial charge on any atom is 0.264 e. The van der Waals surface area contributed by atoms with E-state index in [1.54, 1.807) is 17.0 Å². The summed E-state index contributed by atoms with van der Waals surface area (Å²) in [5.74, 6) is -0.131. The van der Waals surface area contributed by atoms with Crippen LogP contribution in [0.5, 0.6) is 0 Å². The summed E-state index contributed by atoms with van der Waals surface area (Å²) in [7, 11) is 0. The van der Waals surface area contributed by atoms with Crippen LogP contribution < -0.4 is 0 Å². The summed E-state index contributed by atoms with van der Waals surface area (Å²) < 4.78 is 14.0. The van der Waals surface area contributed by atoms with Gasteiger partial charge in [-0.3, -0.25) is 4.79 Å². The number of carbonyl (C=O) groups excluding carboxylic acids is 1. The van der Waals surface area contributed by atoms with Crippen LogP contribution in [0.4, 0.5) is 4.39 Å². The molecule has 0 radical (unpaired) electrons. The van der Waals surface area contributed by atoms with Crippen LogP contribution in [-0.2, 0) is 0 Å². The van der Waals surface area contributed by atoms with Gasteiger partial charge in [-0.1, -0.05) is 13.0 Å². The maximum absolute atomic E-state index is 13.2. The molecule has 20 heavy (non-hydrogen) atoms. The van der Waals surface area contributed by atoms with Gasteiger partial charge in [0, 0.05) is 17.8 Å². The van der Waals surface area contributed by atoms with Crippen LogP contribution in [0, 0.1) is 11.7 Å². The quantitative estimate of drug-likeness (QED) is 0.878. The highest BCUT2D eigenvalue weighted by molar-refractivity contribution is 7.20. The molecule has 2 heterocycles. The fourth-order valence-corrected chi connectivity index (χ4v) is 3.56. The van der Waals surface area contributed by atoms with Crippen LogP contribution in [-0.4, -0.2) is 35.1 Å². The fraction of sp³-hybridized carbons (Fsp3) is 0.400. The largest absolute Gasteiger partial charge is 0.391 e. The Bertz CT molecular complexity index is 654. The normalized spacial score (nSPS) is 23.2. The molecule has 0 saturated carbocycles. The van der Waals surface area contributed by atoms with E-state index in [-0.39, 0.29) is 17.6 Å². The van der Waals surface area contributed by atoms with Gasteiger partial charge in [-0.25, -0.2) is 4.39 Å². The van der Waals surface area contributed by atoms with Gasteiger partial charge in [0.25, 0.3) is 5.91 Å². The minimum Gasteiger partial charge on any atom is -0.391 e. The van der Waals surface area contributed by atoms with Gasteiger partial charge in [-0.15, -0.1) is 11.3 Å². The van der Waals surface area contributed by atoms with Crippen molar-refractivity contribution in [3.8, 4) is 0 Å². The topological polar surface area (TPSA) is 40.5 Å². The molecule has 1 aliphatic heterocycles. The molecule has 1 aromatic heterocycles. The molecule has 3 rings (SSSR count). The van der Waals surface area contributed by atoms with E-state index >= 15 is 0 Å². The molecule has 5 heteroatoms. The van der Waals surface area contributed by atoms with Crippen molar-refractivity contribution < 1.29 is 14.3 Å². The monoisotopic (exact) mass is 293 g/mol. The second kappa shape index (κ2) is 5.14. The van der Waals surface area contributed by atoms with Gasteiger partial charge in [0.2, 0.25) is 0 Å². The Morgan fingerprint density at radius 1 is 1.45 bits per heavy atom. The predicted molar refractivity (Wildman–Crippen MR) is 77.5 cm³/mol. The number of fused-ring (bicyclic) bond motifs is 1. The molecule has 1 aliphatic rings. The molecule has 0 spiro atoms. The number of amides is 1. The van der Waals surface area contributed by atoms with Crippen LogP contribution in [0.25, 0.3) is 10.1 Å². The molecule has 3 nitrogen and oxygen atoms in total. The Hall–Kier alpha value is -1.46. The first-order chi connectivity index (χ1) is 9.54. The zero-order chi connectivity index (χ0) is 14.3. The Labute approximate surface area is 120 Å². The van der Waals surface area contributed by atoms with Crippen molar-refractivity contribution in [3.05, 3.63) is 35.0 Å². The lowest BCUT2D eigenvalue weighted by Gasteiger charge is -2.34. The van der Waals surface area contributed by atoms with Crippen molar-refractivity contribution in [2.75, 3.05) is 13.1 Å². The minimum atomic E-state index is -0.459. The maximum atomic E-state index is 13.2. The van der Waals surface area contributed by atoms with Gasteiger partial charge in [-0.05, 0) is 35.9 Å². The fourth-order valence-electron chi connectivity index (χ4n) is 2.50. The number of benzene rings is 1. The molecule has 1 aromatic carbocycles. The summed E-state index contributed by atoms with van der Waals surface area (Å²) in [6, 6.07) is 6.33. The van der Waals surface area contributed by atoms with E-state index in [2.05, 4.69) is 0 Å². The predicted octanol–water partition coefficient (Wildman–Crippen LogP) is 2.88. The minimum absolute atomic E-state index is 0.0717. The third kappa shape index (κ3) is 2.43. The third-order valence-electron chi connectivity index (χ3n) is 3.90. The number of halogens is 1. The first-order valence-corrected chi connectivity index (χ1v) is 7.52. The van der Waals surface area contributed by atoms with Gasteiger partial charge >= 0.3 is 0 Å². The van der Waals surface area contributed by atoms with Crippen molar-refractivity contribution in [3.63, 3.8) is 0 Å². The van der Waals surface area contributed by atoms with E-state index < -0.39 is 6.10 Å². The van der Waals surface area contributed by atoms with Gasteiger partial charge in [0.05, 0.1) is 11.0 Å². The number of nitrogens with zero attached hydrogens (tertiary/aromatic N) is 1. The molecule has 1 amide bonds. The number of likely N-dealkylation sites (tertiary alicyclic amines) is 1. The first kappa shape index (κ1) is 13.5. The molecular formula is C15H16FNO2S. The number of aliphatic hydroxyl groups excluding tert-OH is 1. The number of aliphatic hydroxyl groups is 1. The third-order valence-corrected chi connectivity index (χ3v) is 4.98. The van der Waals surface area contributed by atoms with E-state index in [0.29, 0.717) is 18.0 Å².